The van der Waals surface area contributed by atoms with E-state index in [0.29, 0.717) is 11.6 Å². The van der Waals surface area contributed by atoms with Gasteiger partial charge < -0.3 is 15.1 Å². The number of carbonyl (C=O) groups excluding carboxylic acids is 1. The summed E-state index contributed by atoms with van der Waals surface area (Å²) in [6, 6.07) is 10.3. The van der Waals surface area contributed by atoms with Crippen molar-refractivity contribution in [1.29, 1.82) is 0 Å². The van der Waals surface area contributed by atoms with Crippen LogP contribution in [0.5, 0.6) is 0 Å². The van der Waals surface area contributed by atoms with Crippen LogP contribution in [0.1, 0.15) is 18.1 Å². The molecule has 33 heavy (non-hydrogen) atoms. The number of nitrogens with one attached hydrogen (secondary N) is 2. The molecule has 0 saturated heterocycles. The van der Waals surface area contributed by atoms with E-state index in [0.717, 1.165) is 27.5 Å². The molecule has 1 amide bonds. The van der Waals surface area contributed by atoms with E-state index in [9.17, 15) is 18.0 Å². The average molecular weight is 492 g/mol. The number of hydrogen-bond acceptors (Lipinski definition) is 8. The highest BCUT2D eigenvalue weighted by atomic mass is 32.2. The fourth-order valence-electron chi connectivity index (χ4n) is 2.80. The number of alkyl halides is 3. The van der Waals surface area contributed by atoms with Crippen LogP contribution in [0.3, 0.4) is 0 Å². The van der Waals surface area contributed by atoms with Gasteiger partial charge in [0, 0.05) is 29.5 Å². The Hall–Kier alpha value is -3.38. The van der Waals surface area contributed by atoms with Gasteiger partial charge in [0.2, 0.25) is 5.91 Å². The van der Waals surface area contributed by atoms with Gasteiger partial charge in [-0.15, -0.1) is 28.2 Å². The van der Waals surface area contributed by atoms with Gasteiger partial charge >= 0.3 is 12.2 Å². The minimum Gasteiger partial charge on any atom is -0.402 e. The Morgan fingerprint density at radius 3 is 2.82 bits per heavy atom. The molecule has 170 valence electrons. The monoisotopic (exact) mass is 491 g/mol. The number of nitrogens with zero attached hydrogens (tertiary/aromatic N) is 3. The van der Waals surface area contributed by atoms with Crippen LogP contribution in [0, 0.1) is 0 Å². The first kappa shape index (κ1) is 22.8. The molecule has 0 aliphatic carbocycles. The molecule has 4 aromatic rings. The molecule has 3 heterocycles. The first-order valence-corrected chi connectivity index (χ1v) is 11.4. The summed E-state index contributed by atoms with van der Waals surface area (Å²) in [6.07, 6.45) is -2.82. The third-order valence-electron chi connectivity index (χ3n) is 4.21. The zero-order valence-corrected chi connectivity index (χ0v) is 18.6. The fraction of sp³-hybridized carbons (Fsp3) is 0.143. The molecule has 0 spiro atoms. The topological polar surface area (TPSA) is 92.9 Å². The highest BCUT2D eigenvalue weighted by Crippen LogP contribution is 2.38. The van der Waals surface area contributed by atoms with E-state index >= 15 is 0 Å². The summed E-state index contributed by atoms with van der Waals surface area (Å²) in [5.41, 5.74) is 0.378. The second-order valence-electron chi connectivity index (χ2n) is 6.75. The number of aromatic nitrogens is 3. The van der Waals surface area contributed by atoms with E-state index in [2.05, 4.69) is 25.8 Å². The molecular weight excluding hydrogens is 475 g/mol. The molecule has 0 aliphatic rings. The van der Waals surface area contributed by atoms with Crippen molar-refractivity contribution in [2.45, 2.75) is 23.7 Å². The van der Waals surface area contributed by atoms with Crippen LogP contribution in [0.25, 0.3) is 10.8 Å². The van der Waals surface area contributed by atoms with Crippen LogP contribution >= 0.6 is 23.1 Å². The Bertz CT molecular complexity index is 1270. The molecule has 0 atom stereocenters. The Morgan fingerprint density at radius 2 is 2.03 bits per heavy atom. The summed E-state index contributed by atoms with van der Waals surface area (Å²) >= 11 is 2.96. The lowest BCUT2D eigenvalue weighted by Gasteiger charge is -2.08. The molecule has 7 nitrogen and oxygen atoms in total. The molecule has 2 N–H and O–H groups in total. The standard InChI is InChI=1S/C21H16F3N5O2S2/c1-12(30)26-17-9-13(5-7-25-17)11-33-16-6-8-32-18(16)19-28-29-20(31-19)27-15-4-2-3-14(10-15)21(22,23)24/h2-10H,11H2,1H3,(H,27,29)(H,25,26,30). The van der Waals surface area contributed by atoms with Gasteiger partial charge in [0.1, 0.15) is 10.7 Å². The predicted octanol–water partition coefficient (Wildman–Crippen LogP) is 6.21. The normalized spacial score (nSPS) is 11.4. The average Bonchev–Trinajstić information content (AvgIpc) is 3.41. The largest absolute Gasteiger partial charge is 0.416 e. The summed E-state index contributed by atoms with van der Waals surface area (Å²) in [5, 5.41) is 15.2. The van der Waals surface area contributed by atoms with Crippen molar-refractivity contribution >= 4 is 46.5 Å². The van der Waals surface area contributed by atoms with Crippen LogP contribution in [0.15, 0.2) is 63.4 Å². The number of halogens is 3. The number of thiophene rings is 1. The molecule has 12 heteroatoms. The quantitative estimate of drug-likeness (QED) is 0.297. The van der Waals surface area contributed by atoms with Crippen molar-refractivity contribution < 1.29 is 22.4 Å². The number of hydrogen-bond donors (Lipinski definition) is 2. The zero-order valence-electron chi connectivity index (χ0n) is 17.0. The number of pyridine rings is 1. The Balaban J connectivity index is 1.45. The van der Waals surface area contributed by atoms with Crippen molar-refractivity contribution in [1.82, 2.24) is 15.2 Å². The number of amides is 1. The van der Waals surface area contributed by atoms with Crippen LogP contribution in [-0.4, -0.2) is 21.1 Å². The van der Waals surface area contributed by atoms with Crippen molar-refractivity contribution in [2.24, 2.45) is 0 Å². The summed E-state index contributed by atoms with van der Waals surface area (Å²) in [6.45, 7) is 1.42. The van der Waals surface area contributed by atoms with Crippen molar-refractivity contribution in [3.8, 4) is 10.8 Å². The molecule has 0 fully saturated rings. The molecule has 0 radical (unpaired) electrons. The van der Waals surface area contributed by atoms with E-state index in [1.54, 1.807) is 24.0 Å². The van der Waals surface area contributed by atoms with Gasteiger partial charge in [0.25, 0.3) is 5.89 Å². The van der Waals surface area contributed by atoms with Crippen molar-refractivity contribution in [2.75, 3.05) is 10.6 Å². The second kappa shape index (κ2) is 9.63. The minimum absolute atomic E-state index is 0.0113. The molecule has 0 saturated carbocycles. The van der Waals surface area contributed by atoms with Gasteiger partial charge in [-0.2, -0.15) is 13.2 Å². The van der Waals surface area contributed by atoms with E-state index in [1.807, 2.05) is 17.5 Å². The maximum atomic E-state index is 12.9. The van der Waals surface area contributed by atoms with Gasteiger partial charge in [-0.25, -0.2) is 4.98 Å². The number of thioether (sulfide) groups is 1. The predicted molar refractivity (Wildman–Crippen MR) is 120 cm³/mol. The summed E-state index contributed by atoms with van der Waals surface area (Å²) < 4.78 is 44.4. The lowest BCUT2D eigenvalue weighted by Crippen LogP contribution is -2.07. The Labute approximate surface area is 194 Å². The van der Waals surface area contributed by atoms with Gasteiger partial charge in [-0.05, 0) is 47.3 Å². The highest BCUT2D eigenvalue weighted by molar-refractivity contribution is 7.98. The van der Waals surface area contributed by atoms with E-state index in [-0.39, 0.29) is 23.5 Å². The van der Waals surface area contributed by atoms with Crippen LogP contribution in [0.2, 0.25) is 0 Å². The maximum Gasteiger partial charge on any atom is 0.416 e. The number of benzene rings is 1. The SMILES string of the molecule is CC(=O)Nc1cc(CSc2ccsc2-c2nnc(Nc3cccc(C(F)(F)F)c3)o2)ccn1. The molecule has 4 rings (SSSR count). The fourth-order valence-corrected chi connectivity index (χ4v) is 4.80. The van der Waals surface area contributed by atoms with Crippen LogP contribution in [0.4, 0.5) is 30.7 Å². The zero-order chi connectivity index (χ0) is 23.4. The third kappa shape index (κ3) is 5.90. The van der Waals surface area contributed by atoms with Gasteiger partial charge in [-0.3, -0.25) is 4.79 Å². The Morgan fingerprint density at radius 1 is 1.18 bits per heavy atom. The van der Waals surface area contributed by atoms with Gasteiger partial charge in [0.15, 0.2) is 0 Å². The number of anilines is 3. The van der Waals surface area contributed by atoms with Gasteiger partial charge in [-0.1, -0.05) is 11.2 Å². The number of carbonyl (C=O) groups is 1. The third-order valence-corrected chi connectivity index (χ3v) is 6.37. The van der Waals surface area contributed by atoms with Gasteiger partial charge in [0.05, 0.1) is 5.56 Å². The van der Waals surface area contributed by atoms with Crippen molar-refractivity contribution in [3.63, 3.8) is 0 Å². The smallest absolute Gasteiger partial charge is 0.402 e. The maximum absolute atomic E-state index is 12.9. The van der Waals surface area contributed by atoms with Crippen molar-refractivity contribution in [3.05, 3.63) is 65.2 Å². The first-order chi connectivity index (χ1) is 15.8. The lowest BCUT2D eigenvalue weighted by molar-refractivity contribution is -0.137. The molecule has 0 unspecified atom stereocenters. The molecule has 1 aromatic carbocycles. The lowest BCUT2D eigenvalue weighted by atomic mass is 10.2. The first-order valence-electron chi connectivity index (χ1n) is 9.49. The molecule has 0 aliphatic heterocycles. The summed E-state index contributed by atoms with van der Waals surface area (Å²) in [5.74, 6) is 1.16. The van der Waals surface area contributed by atoms with Crippen LogP contribution < -0.4 is 10.6 Å². The molecular formula is C21H16F3N5O2S2. The second-order valence-corrected chi connectivity index (χ2v) is 8.68. The van der Waals surface area contributed by atoms with E-state index in [4.69, 9.17) is 4.42 Å². The van der Waals surface area contributed by atoms with Crippen LogP contribution in [-0.2, 0) is 16.7 Å². The van der Waals surface area contributed by atoms with E-state index < -0.39 is 11.7 Å². The Kier molecular flexibility index (Phi) is 6.65. The minimum atomic E-state index is -4.45. The summed E-state index contributed by atoms with van der Waals surface area (Å²) in [7, 11) is 0. The van der Waals surface area contributed by atoms with E-state index in [1.165, 1.54) is 30.4 Å². The summed E-state index contributed by atoms with van der Waals surface area (Å²) in [4.78, 5) is 17.0. The number of rotatable bonds is 7. The molecule has 3 aromatic heterocycles. The molecule has 0 bridgehead atoms. The highest BCUT2D eigenvalue weighted by Gasteiger charge is 2.30.